The number of anilines is 1. The van der Waals surface area contributed by atoms with Gasteiger partial charge in [0.2, 0.25) is 5.91 Å². The molecule has 6 nitrogen and oxygen atoms in total. The summed E-state index contributed by atoms with van der Waals surface area (Å²) in [5.74, 6) is -0.143. The van der Waals surface area contributed by atoms with Crippen molar-refractivity contribution < 1.29 is 14.3 Å². The molecule has 1 aliphatic heterocycles. The van der Waals surface area contributed by atoms with Crippen LogP contribution in [0.2, 0.25) is 0 Å². The predicted octanol–water partition coefficient (Wildman–Crippen LogP) is 4.12. The van der Waals surface area contributed by atoms with Crippen LogP contribution >= 0.6 is 0 Å². The number of nitrogens with two attached hydrogens (primary N) is 1. The first-order chi connectivity index (χ1) is 14.7. The van der Waals surface area contributed by atoms with E-state index >= 15 is 0 Å². The van der Waals surface area contributed by atoms with Crippen LogP contribution in [0.15, 0.2) is 42.5 Å². The van der Waals surface area contributed by atoms with Crippen molar-refractivity contribution in [1.82, 2.24) is 10.2 Å². The first kappa shape index (κ1) is 21.2. The number of hydrogen-bond donors (Lipinski definition) is 2. The predicted molar refractivity (Wildman–Crippen MR) is 120 cm³/mol. The van der Waals surface area contributed by atoms with Gasteiger partial charge in [-0.1, -0.05) is 30.3 Å². The highest BCUT2D eigenvalue weighted by atomic mass is 16.6. The van der Waals surface area contributed by atoms with E-state index in [4.69, 9.17) is 10.5 Å². The van der Waals surface area contributed by atoms with E-state index in [0.29, 0.717) is 18.7 Å². The topological polar surface area (TPSA) is 84.7 Å². The zero-order valence-corrected chi connectivity index (χ0v) is 18.5. The van der Waals surface area contributed by atoms with Gasteiger partial charge in [0, 0.05) is 12.1 Å². The number of nitrogen functional groups attached to an aromatic ring is 1. The maximum Gasteiger partial charge on any atom is 0.411 e. The molecule has 0 saturated carbocycles. The molecule has 2 aromatic carbocycles. The smallest absolute Gasteiger partial charge is 0.411 e. The van der Waals surface area contributed by atoms with Crippen molar-refractivity contribution in [2.24, 2.45) is 0 Å². The Morgan fingerprint density at radius 2 is 1.87 bits per heavy atom. The Morgan fingerprint density at radius 1 is 1.10 bits per heavy atom. The maximum absolute atomic E-state index is 13.4. The second-order valence-corrected chi connectivity index (χ2v) is 9.51. The van der Waals surface area contributed by atoms with Crippen LogP contribution in [0.5, 0.6) is 0 Å². The van der Waals surface area contributed by atoms with E-state index in [1.54, 1.807) is 0 Å². The normalized spacial score (nSPS) is 20.4. The third-order valence-corrected chi connectivity index (χ3v) is 5.98. The van der Waals surface area contributed by atoms with Gasteiger partial charge in [-0.15, -0.1) is 0 Å². The number of carbonyl (C=O) groups is 2. The van der Waals surface area contributed by atoms with Crippen molar-refractivity contribution in [2.45, 2.75) is 70.7 Å². The van der Waals surface area contributed by atoms with Gasteiger partial charge in [-0.2, -0.15) is 0 Å². The van der Waals surface area contributed by atoms with Crippen molar-refractivity contribution in [3.05, 3.63) is 64.7 Å². The highest BCUT2D eigenvalue weighted by Gasteiger charge is 2.38. The fourth-order valence-corrected chi connectivity index (χ4v) is 4.52. The summed E-state index contributed by atoms with van der Waals surface area (Å²) < 4.78 is 5.62. The monoisotopic (exact) mass is 421 g/mol. The number of nitrogens with zero attached hydrogens (tertiary/aromatic N) is 1. The van der Waals surface area contributed by atoms with Crippen molar-refractivity contribution in [2.75, 3.05) is 5.73 Å². The van der Waals surface area contributed by atoms with E-state index in [-0.39, 0.29) is 11.9 Å². The first-order valence-corrected chi connectivity index (χ1v) is 11.0. The van der Waals surface area contributed by atoms with E-state index in [2.05, 4.69) is 17.4 Å². The molecule has 0 bridgehead atoms. The van der Waals surface area contributed by atoms with E-state index < -0.39 is 17.7 Å². The lowest BCUT2D eigenvalue weighted by molar-refractivity contribution is -0.128. The maximum atomic E-state index is 13.4. The van der Waals surface area contributed by atoms with E-state index in [1.165, 1.54) is 16.0 Å². The van der Waals surface area contributed by atoms with Gasteiger partial charge in [-0.05, 0) is 74.4 Å². The Bertz CT molecular complexity index is 996. The Kier molecular flexibility index (Phi) is 5.65. The van der Waals surface area contributed by atoms with E-state index in [9.17, 15) is 9.59 Å². The summed E-state index contributed by atoms with van der Waals surface area (Å²) in [4.78, 5) is 28.0. The quantitative estimate of drug-likeness (QED) is 0.714. The molecule has 1 aliphatic carbocycles. The highest BCUT2D eigenvalue weighted by Crippen LogP contribution is 2.31. The first-order valence-electron chi connectivity index (χ1n) is 11.0. The highest BCUT2D eigenvalue weighted by molar-refractivity contribution is 5.87. The minimum absolute atomic E-state index is 0.0363. The standard InChI is InChI=1S/C25H31N3O3/c1-25(2,3)31-24(30)28-15-18-13-19(26)12-11-17(18)14-22(28)23(29)27-21-10-6-8-16-7-4-5-9-20(16)21/h4-5,7,9,11-13,21-22H,6,8,10,14-15,26H2,1-3H3,(H,27,29). The summed E-state index contributed by atoms with van der Waals surface area (Å²) in [6, 6.07) is 13.3. The minimum Gasteiger partial charge on any atom is -0.444 e. The summed E-state index contributed by atoms with van der Waals surface area (Å²) in [6.07, 6.45) is 2.92. The molecule has 2 aliphatic rings. The third-order valence-electron chi connectivity index (χ3n) is 5.98. The number of carbonyl (C=O) groups excluding carboxylic acids is 2. The second kappa shape index (κ2) is 8.25. The molecule has 4 rings (SSSR count). The molecule has 0 saturated heterocycles. The van der Waals surface area contributed by atoms with Crippen LogP contribution in [0.1, 0.15) is 61.9 Å². The van der Waals surface area contributed by atoms with Crippen LogP contribution < -0.4 is 11.1 Å². The Morgan fingerprint density at radius 3 is 2.65 bits per heavy atom. The van der Waals surface area contributed by atoms with Gasteiger partial charge in [0.15, 0.2) is 0 Å². The summed E-state index contributed by atoms with van der Waals surface area (Å²) in [5.41, 5.74) is 10.4. The van der Waals surface area contributed by atoms with Gasteiger partial charge >= 0.3 is 6.09 Å². The number of aryl methyl sites for hydroxylation is 1. The molecule has 2 amide bonds. The molecule has 6 heteroatoms. The van der Waals surface area contributed by atoms with Crippen LogP contribution in [-0.2, 0) is 28.9 Å². The zero-order chi connectivity index (χ0) is 22.2. The number of hydrogen-bond acceptors (Lipinski definition) is 4. The molecule has 2 atom stereocenters. The Labute approximate surface area is 183 Å². The Balaban J connectivity index is 1.60. The Hall–Kier alpha value is -3.02. The van der Waals surface area contributed by atoms with Crippen molar-refractivity contribution >= 4 is 17.7 Å². The molecule has 164 valence electrons. The average Bonchev–Trinajstić information content (AvgIpc) is 2.71. The van der Waals surface area contributed by atoms with Crippen LogP contribution in [0.25, 0.3) is 0 Å². The van der Waals surface area contributed by atoms with Crippen LogP contribution in [0, 0.1) is 0 Å². The lowest BCUT2D eigenvalue weighted by Crippen LogP contribution is -2.54. The summed E-state index contributed by atoms with van der Waals surface area (Å²) in [5, 5.41) is 3.22. The summed E-state index contributed by atoms with van der Waals surface area (Å²) in [7, 11) is 0. The third kappa shape index (κ3) is 4.68. The number of amides is 2. The summed E-state index contributed by atoms with van der Waals surface area (Å²) in [6.45, 7) is 5.78. The minimum atomic E-state index is -0.642. The molecule has 0 fully saturated rings. The van der Waals surface area contributed by atoms with Gasteiger partial charge in [0.25, 0.3) is 0 Å². The van der Waals surface area contributed by atoms with Crippen molar-refractivity contribution in [1.29, 1.82) is 0 Å². The lowest BCUT2D eigenvalue weighted by atomic mass is 9.87. The van der Waals surface area contributed by atoms with E-state index in [1.807, 2.05) is 51.1 Å². The molecule has 3 N–H and O–H groups in total. The van der Waals surface area contributed by atoms with Crippen molar-refractivity contribution in [3.63, 3.8) is 0 Å². The van der Waals surface area contributed by atoms with Crippen LogP contribution in [-0.4, -0.2) is 28.5 Å². The number of nitrogens with one attached hydrogen (secondary N) is 1. The molecule has 2 aromatic rings. The molecule has 0 radical (unpaired) electrons. The SMILES string of the molecule is CC(C)(C)OC(=O)N1Cc2cc(N)ccc2CC1C(=O)NC1CCCc2ccccc21. The fourth-order valence-electron chi connectivity index (χ4n) is 4.52. The molecular weight excluding hydrogens is 390 g/mol. The number of rotatable bonds is 2. The molecule has 1 heterocycles. The van der Waals surface area contributed by atoms with Crippen molar-refractivity contribution in [3.8, 4) is 0 Å². The van der Waals surface area contributed by atoms with Gasteiger partial charge < -0.3 is 15.8 Å². The number of ether oxygens (including phenoxy) is 1. The lowest BCUT2D eigenvalue weighted by Gasteiger charge is -2.38. The van der Waals surface area contributed by atoms with Gasteiger partial charge in [0.05, 0.1) is 12.6 Å². The number of fused-ring (bicyclic) bond motifs is 2. The molecular formula is C25H31N3O3. The molecule has 2 unspecified atom stereocenters. The second-order valence-electron chi connectivity index (χ2n) is 9.51. The number of benzene rings is 2. The average molecular weight is 422 g/mol. The molecule has 31 heavy (non-hydrogen) atoms. The van der Waals surface area contributed by atoms with Crippen LogP contribution in [0.3, 0.4) is 0 Å². The zero-order valence-electron chi connectivity index (χ0n) is 18.5. The summed E-state index contributed by atoms with van der Waals surface area (Å²) >= 11 is 0. The molecule has 0 spiro atoms. The van der Waals surface area contributed by atoms with Gasteiger partial charge in [-0.3, -0.25) is 9.69 Å². The van der Waals surface area contributed by atoms with Gasteiger partial charge in [-0.25, -0.2) is 4.79 Å². The van der Waals surface area contributed by atoms with Crippen LogP contribution in [0.4, 0.5) is 10.5 Å². The van der Waals surface area contributed by atoms with Gasteiger partial charge in [0.1, 0.15) is 11.6 Å². The fraction of sp³-hybridized carbons (Fsp3) is 0.440. The molecule has 0 aromatic heterocycles. The largest absolute Gasteiger partial charge is 0.444 e. The van der Waals surface area contributed by atoms with E-state index in [0.717, 1.165) is 30.4 Å².